The Morgan fingerprint density at radius 3 is 2.26 bits per heavy atom. The van der Waals surface area contributed by atoms with Crippen LogP contribution in [0.4, 0.5) is 13.2 Å². The molecule has 0 spiro atoms. The van der Waals surface area contributed by atoms with Gasteiger partial charge in [-0.1, -0.05) is 30.3 Å². The monoisotopic (exact) mass is 490 g/mol. The molecule has 0 amide bonds. The predicted molar refractivity (Wildman–Crippen MR) is 119 cm³/mol. The van der Waals surface area contributed by atoms with Crippen molar-refractivity contribution in [2.45, 2.75) is 30.1 Å². The maximum absolute atomic E-state index is 13.3. The third-order valence-corrected chi connectivity index (χ3v) is 8.20. The summed E-state index contributed by atoms with van der Waals surface area (Å²) in [5.41, 5.74) is 1.39. The SMILES string of the molecule is O=c1c(-c2ccc(OC(F)(F)F)cc2)ccc2n1C[C@H]1C[C@@H]2CN(S(=O)(=O)c2ccccc2)C1. The van der Waals surface area contributed by atoms with E-state index < -0.39 is 16.4 Å². The first-order valence-electron chi connectivity index (χ1n) is 10.8. The number of hydrogen-bond acceptors (Lipinski definition) is 4. The molecular formula is C24H21F3N2O4S. The molecule has 5 rings (SSSR count). The standard InChI is InChI=1S/C24H21F3N2O4S/c25-24(26,27)33-19-8-6-17(7-9-19)21-10-11-22-18-12-16(14-29(22)23(21)30)13-28(15-18)34(31,32)20-4-2-1-3-5-20/h1-11,16,18H,12-15H2/t16-,18+/m0/s1. The van der Waals surface area contributed by atoms with Crippen molar-refractivity contribution < 1.29 is 26.3 Å². The fourth-order valence-corrected chi connectivity index (χ4v) is 6.48. The van der Waals surface area contributed by atoms with E-state index in [0.29, 0.717) is 24.2 Å². The van der Waals surface area contributed by atoms with Crippen LogP contribution in [0.2, 0.25) is 0 Å². The second-order valence-electron chi connectivity index (χ2n) is 8.59. The topological polar surface area (TPSA) is 68.6 Å². The summed E-state index contributed by atoms with van der Waals surface area (Å²) in [5.74, 6) is -0.487. The summed E-state index contributed by atoms with van der Waals surface area (Å²) in [7, 11) is -3.63. The molecule has 0 saturated carbocycles. The van der Waals surface area contributed by atoms with Gasteiger partial charge in [-0.25, -0.2) is 8.42 Å². The quantitative estimate of drug-likeness (QED) is 0.549. The Hall–Kier alpha value is -3.11. The van der Waals surface area contributed by atoms with E-state index in [1.165, 1.54) is 28.6 Å². The molecule has 3 heterocycles. The molecule has 2 bridgehead atoms. The van der Waals surface area contributed by atoms with Crippen LogP contribution in [0.1, 0.15) is 18.0 Å². The minimum absolute atomic E-state index is 0.0137. The molecule has 178 valence electrons. The molecule has 2 aliphatic heterocycles. The number of rotatable bonds is 4. The molecule has 1 fully saturated rings. The van der Waals surface area contributed by atoms with E-state index in [-0.39, 0.29) is 34.6 Å². The average molecular weight is 491 g/mol. The molecule has 6 nitrogen and oxygen atoms in total. The van der Waals surface area contributed by atoms with Crippen LogP contribution in [-0.2, 0) is 16.6 Å². The van der Waals surface area contributed by atoms with Gasteiger partial charge in [0.2, 0.25) is 10.0 Å². The second-order valence-corrected chi connectivity index (χ2v) is 10.5. The lowest BCUT2D eigenvalue weighted by atomic mass is 9.84. The van der Waals surface area contributed by atoms with Gasteiger partial charge in [0.1, 0.15) is 5.75 Å². The minimum atomic E-state index is -4.79. The van der Waals surface area contributed by atoms with Crippen molar-refractivity contribution in [3.8, 4) is 16.9 Å². The summed E-state index contributed by atoms with van der Waals surface area (Å²) in [5, 5.41) is 0. The number of aromatic nitrogens is 1. The summed E-state index contributed by atoms with van der Waals surface area (Å²) in [4.78, 5) is 13.5. The molecule has 0 N–H and O–H groups in total. The van der Waals surface area contributed by atoms with Gasteiger partial charge in [-0.05, 0) is 54.3 Å². The van der Waals surface area contributed by atoms with Crippen LogP contribution in [-0.4, -0.2) is 36.7 Å². The number of alkyl halides is 3. The number of benzene rings is 2. The van der Waals surface area contributed by atoms with Crippen LogP contribution in [0, 0.1) is 5.92 Å². The molecule has 0 aliphatic carbocycles. The Morgan fingerprint density at radius 1 is 0.882 bits per heavy atom. The summed E-state index contributed by atoms with van der Waals surface area (Å²) < 4.78 is 70.6. The lowest BCUT2D eigenvalue weighted by molar-refractivity contribution is -0.274. The van der Waals surface area contributed by atoms with Gasteiger partial charge in [0.05, 0.1) is 4.90 Å². The van der Waals surface area contributed by atoms with E-state index in [2.05, 4.69) is 4.74 Å². The highest BCUT2D eigenvalue weighted by Crippen LogP contribution is 2.38. The van der Waals surface area contributed by atoms with Crippen LogP contribution < -0.4 is 10.3 Å². The molecule has 2 aliphatic rings. The van der Waals surface area contributed by atoms with Crippen molar-refractivity contribution >= 4 is 10.0 Å². The summed E-state index contributed by atoms with van der Waals surface area (Å²) in [6, 6.07) is 17.0. The van der Waals surface area contributed by atoms with Crippen LogP contribution in [0.25, 0.3) is 11.1 Å². The third kappa shape index (κ3) is 4.23. The van der Waals surface area contributed by atoms with Crippen LogP contribution in [0.5, 0.6) is 5.75 Å². The molecule has 0 radical (unpaired) electrons. The molecule has 1 saturated heterocycles. The maximum Gasteiger partial charge on any atom is 0.573 e. The van der Waals surface area contributed by atoms with Gasteiger partial charge in [0.25, 0.3) is 5.56 Å². The zero-order valence-corrected chi connectivity index (χ0v) is 18.7. The summed E-state index contributed by atoms with van der Waals surface area (Å²) in [6.07, 6.45) is -3.99. The molecule has 0 unspecified atom stereocenters. The second kappa shape index (κ2) is 8.28. The van der Waals surface area contributed by atoms with Crippen molar-refractivity contribution in [2.75, 3.05) is 13.1 Å². The highest BCUT2D eigenvalue weighted by Gasteiger charge is 2.39. The van der Waals surface area contributed by atoms with Crippen molar-refractivity contribution in [3.63, 3.8) is 0 Å². The first-order chi connectivity index (χ1) is 16.1. The van der Waals surface area contributed by atoms with E-state index in [1.54, 1.807) is 41.0 Å². The van der Waals surface area contributed by atoms with Gasteiger partial charge >= 0.3 is 6.36 Å². The van der Waals surface area contributed by atoms with E-state index in [4.69, 9.17) is 0 Å². The zero-order chi connectivity index (χ0) is 24.1. The Labute approximate surface area is 194 Å². The smallest absolute Gasteiger partial charge is 0.406 e. The molecule has 2 atom stereocenters. The molecule has 2 aromatic carbocycles. The van der Waals surface area contributed by atoms with Gasteiger partial charge in [0.15, 0.2) is 0 Å². The van der Waals surface area contributed by atoms with E-state index in [9.17, 15) is 26.4 Å². The van der Waals surface area contributed by atoms with Crippen LogP contribution in [0.3, 0.4) is 0 Å². The van der Waals surface area contributed by atoms with Crippen LogP contribution >= 0.6 is 0 Å². The number of ether oxygens (including phenoxy) is 1. The van der Waals surface area contributed by atoms with Gasteiger partial charge in [-0.3, -0.25) is 4.79 Å². The highest BCUT2D eigenvalue weighted by atomic mass is 32.2. The molecule has 34 heavy (non-hydrogen) atoms. The Morgan fingerprint density at radius 2 is 1.59 bits per heavy atom. The molecule has 10 heteroatoms. The van der Waals surface area contributed by atoms with Crippen molar-refractivity contribution in [1.29, 1.82) is 0 Å². The van der Waals surface area contributed by atoms with Gasteiger partial charge < -0.3 is 9.30 Å². The lowest BCUT2D eigenvalue weighted by Crippen LogP contribution is -2.49. The van der Waals surface area contributed by atoms with Gasteiger partial charge in [-0.15, -0.1) is 13.2 Å². The van der Waals surface area contributed by atoms with Crippen molar-refractivity contribution in [3.05, 3.63) is 82.8 Å². The fourth-order valence-electron chi connectivity index (χ4n) is 4.90. The Kier molecular flexibility index (Phi) is 5.52. The number of hydrogen-bond donors (Lipinski definition) is 0. The van der Waals surface area contributed by atoms with E-state index in [1.807, 2.05) is 6.07 Å². The summed E-state index contributed by atoms with van der Waals surface area (Å²) >= 11 is 0. The number of fused-ring (bicyclic) bond motifs is 4. The number of nitrogens with zero attached hydrogens (tertiary/aromatic N) is 2. The lowest BCUT2D eigenvalue weighted by Gasteiger charge is -2.42. The Balaban J connectivity index is 1.43. The van der Waals surface area contributed by atoms with Crippen LogP contribution in [0.15, 0.2) is 76.4 Å². The molecular weight excluding hydrogens is 469 g/mol. The first-order valence-corrected chi connectivity index (χ1v) is 12.2. The number of piperidine rings is 1. The largest absolute Gasteiger partial charge is 0.573 e. The zero-order valence-electron chi connectivity index (χ0n) is 17.9. The minimum Gasteiger partial charge on any atom is -0.406 e. The van der Waals surface area contributed by atoms with Crippen molar-refractivity contribution in [1.82, 2.24) is 8.87 Å². The van der Waals surface area contributed by atoms with E-state index >= 15 is 0 Å². The van der Waals surface area contributed by atoms with Crippen molar-refractivity contribution in [2.24, 2.45) is 5.92 Å². The highest BCUT2D eigenvalue weighted by molar-refractivity contribution is 7.89. The Bertz CT molecular complexity index is 1370. The third-order valence-electron chi connectivity index (χ3n) is 6.35. The van der Waals surface area contributed by atoms with Gasteiger partial charge in [-0.2, -0.15) is 4.31 Å². The maximum atomic E-state index is 13.3. The fraction of sp³-hybridized carbons (Fsp3) is 0.292. The number of sulfonamides is 1. The van der Waals surface area contributed by atoms with E-state index in [0.717, 1.165) is 12.1 Å². The normalized spacial score (nSPS) is 20.6. The molecule has 3 aromatic rings. The first kappa shape index (κ1) is 22.7. The summed E-state index contributed by atoms with van der Waals surface area (Å²) in [6.45, 7) is 0.998. The number of pyridine rings is 1. The molecule has 1 aromatic heterocycles. The predicted octanol–water partition coefficient (Wildman–Crippen LogP) is 4.22. The van der Waals surface area contributed by atoms with Gasteiger partial charge in [0, 0.05) is 36.8 Å². The average Bonchev–Trinajstić information content (AvgIpc) is 2.80. The number of halogens is 3.